The van der Waals surface area contributed by atoms with E-state index < -0.39 is 24.3 Å². The summed E-state index contributed by atoms with van der Waals surface area (Å²) in [5.74, 6) is -2.24. The molecule has 0 radical (unpaired) electrons. The van der Waals surface area contributed by atoms with Gasteiger partial charge in [-0.3, -0.25) is 9.59 Å². The number of unbranched alkanes of at least 4 members (excludes halogenated alkanes) is 63. The molecule has 0 saturated carbocycles. The number of esters is 2. The Morgan fingerprint density at radius 2 is 0.545 bits per heavy atom. The SMILES string of the molecule is CCCCCCC/C=C\C/C=C\CCCCCCCCCCCCCCCCCCCCCCCCCCCCCC(=O)OC(COC(=O)CCCCCCCCCCCCCCCCCCCCCCCCC/C=C\CCCCCCCCCC)COC(OCC[N+](C)(C)C)C(=O)[O-]. The molecule has 0 aromatic rings. The van der Waals surface area contributed by atoms with Crippen molar-refractivity contribution in [3.8, 4) is 0 Å². The number of carboxylic acids is 1. The molecule has 0 N–H and O–H groups in total. The maximum atomic E-state index is 13.0. The fourth-order valence-corrected chi connectivity index (χ4v) is 13.6. The molecule has 0 aromatic heterocycles. The van der Waals surface area contributed by atoms with Crippen LogP contribution < -0.4 is 5.11 Å². The molecule has 0 aliphatic heterocycles. The van der Waals surface area contributed by atoms with Crippen LogP contribution >= 0.6 is 0 Å². The molecule has 0 aliphatic carbocycles. The molecular formula is C90H171NO8. The first-order valence-electron chi connectivity index (χ1n) is 44.1. The number of allylic oxidation sites excluding steroid dienone is 6. The van der Waals surface area contributed by atoms with Crippen LogP contribution in [0.2, 0.25) is 0 Å². The molecule has 9 heteroatoms. The molecule has 99 heavy (non-hydrogen) atoms. The van der Waals surface area contributed by atoms with E-state index in [-0.39, 0.29) is 32.2 Å². The molecule has 2 unspecified atom stereocenters. The van der Waals surface area contributed by atoms with Crippen molar-refractivity contribution in [2.24, 2.45) is 0 Å². The first-order valence-corrected chi connectivity index (χ1v) is 44.1. The highest BCUT2D eigenvalue weighted by molar-refractivity contribution is 5.70. The third-order valence-electron chi connectivity index (χ3n) is 20.4. The molecule has 0 aromatic carbocycles. The number of nitrogens with zero attached hydrogens (tertiary/aromatic N) is 1. The minimum Gasteiger partial charge on any atom is -0.545 e. The van der Waals surface area contributed by atoms with Crippen LogP contribution in [0.5, 0.6) is 0 Å². The first kappa shape index (κ1) is 96.5. The number of hydrogen-bond acceptors (Lipinski definition) is 8. The van der Waals surface area contributed by atoms with E-state index in [2.05, 4.69) is 50.3 Å². The Kier molecular flexibility index (Phi) is 79.1. The quantitative estimate of drug-likeness (QED) is 0.0195. The Labute approximate surface area is 617 Å². The Morgan fingerprint density at radius 3 is 0.808 bits per heavy atom. The lowest BCUT2D eigenvalue weighted by molar-refractivity contribution is -0.870. The summed E-state index contributed by atoms with van der Waals surface area (Å²) in [4.78, 5) is 37.7. The van der Waals surface area contributed by atoms with Gasteiger partial charge in [0.2, 0.25) is 0 Å². The maximum absolute atomic E-state index is 13.0. The van der Waals surface area contributed by atoms with Crippen molar-refractivity contribution in [1.29, 1.82) is 0 Å². The predicted octanol–water partition coefficient (Wildman–Crippen LogP) is 27.3. The molecule has 0 aliphatic rings. The molecule has 0 bridgehead atoms. The Bertz CT molecular complexity index is 1720. The van der Waals surface area contributed by atoms with Gasteiger partial charge in [-0.15, -0.1) is 0 Å². The van der Waals surface area contributed by atoms with E-state index in [4.69, 9.17) is 18.9 Å². The highest BCUT2D eigenvalue weighted by atomic mass is 16.7. The minimum absolute atomic E-state index is 0.152. The second kappa shape index (κ2) is 81.2. The average molecular weight is 1400 g/mol. The summed E-state index contributed by atoms with van der Waals surface area (Å²) in [6, 6.07) is 0. The summed E-state index contributed by atoms with van der Waals surface area (Å²) < 4.78 is 22.9. The minimum atomic E-state index is -1.62. The second-order valence-corrected chi connectivity index (χ2v) is 31.5. The third kappa shape index (κ3) is 82.7. The van der Waals surface area contributed by atoms with Gasteiger partial charge in [-0.05, 0) is 70.6 Å². The predicted molar refractivity (Wildman–Crippen MR) is 426 cm³/mol. The van der Waals surface area contributed by atoms with E-state index in [0.717, 1.165) is 44.9 Å². The fourth-order valence-electron chi connectivity index (χ4n) is 13.6. The first-order chi connectivity index (χ1) is 48.6. The van der Waals surface area contributed by atoms with E-state index in [0.29, 0.717) is 17.4 Å². The zero-order valence-electron chi connectivity index (χ0n) is 67.2. The topological polar surface area (TPSA) is 111 Å². The van der Waals surface area contributed by atoms with E-state index in [9.17, 15) is 19.5 Å². The zero-order valence-corrected chi connectivity index (χ0v) is 67.2. The van der Waals surface area contributed by atoms with Gasteiger partial charge in [0, 0.05) is 12.8 Å². The lowest BCUT2D eigenvalue weighted by Crippen LogP contribution is -2.44. The fraction of sp³-hybridized carbons (Fsp3) is 0.900. The van der Waals surface area contributed by atoms with Crippen LogP contribution in [0.3, 0.4) is 0 Å². The summed E-state index contributed by atoms with van der Waals surface area (Å²) in [6.07, 6.45) is 103. The smallest absolute Gasteiger partial charge is 0.306 e. The van der Waals surface area contributed by atoms with Gasteiger partial charge in [-0.2, -0.15) is 0 Å². The van der Waals surface area contributed by atoms with E-state index in [1.807, 2.05) is 21.1 Å². The van der Waals surface area contributed by atoms with Gasteiger partial charge in [0.15, 0.2) is 12.4 Å². The van der Waals surface area contributed by atoms with Gasteiger partial charge in [0.05, 0.1) is 40.3 Å². The van der Waals surface area contributed by atoms with Crippen molar-refractivity contribution in [2.75, 3.05) is 47.5 Å². The number of carbonyl (C=O) groups excluding carboxylic acids is 3. The van der Waals surface area contributed by atoms with Crippen molar-refractivity contribution < 1.29 is 42.9 Å². The Balaban J connectivity index is 3.90. The molecule has 9 nitrogen and oxygen atoms in total. The number of hydrogen-bond donors (Lipinski definition) is 0. The Hall–Kier alpha value is -2.49. The van der Waals surface area contributed by atoms with Crippen LogP contribution in [0.25, 0.3) is 0 Å². The summed E-state index contributed by atoms with van der Waals surface area (Å²) >= 11 is 0. The number of ether oxygens (including phenoxy) is 4. The van der Waals surface area contributed by atoms with Gasteiger partial charge in [-0.25, -0.2) is 0 Å². The lowest BCUT2D eigenvalue weighted by Gasteiger charge is -2.26. The second-order valence-electron chi connectivity index (χ2n) is 31.5. The molecule has 584 valence electrons. The van der Waals surface area contributed by atoms with E-state index >= 15 is 0 Å². The van der Waals surface area contributed by atoms with Gasteiger partial charge in [-0.1, -0.05) is 416 Å². The number of quaternary nitrogens is 1. The molecule has 0 saturated heterocycles. The van der Waals surface area contributed by atoms with Crippen LogP contribution in [-0.4, -0.2) is 82.3 Å². The highest BCUT2D eigenvalue weighted by Crippen LogP contribution is 2.21. The van der Waals surface area contributed by atoms with Gasteiger partial charge in [0.25, 0.3) is 0 Å². The summed E-state index contributed by atoms with van der Waals surface area (Å²) in [6.45, 7) is 4.83. The standard InChI is InChI=1S/C90H171NO8/c1-6-8-10-12-14-16-18-20-22-24-26-28-30-32-34-36-38-40-42-43-44-45-47-49-51-53-55-57-59-61-63-65-67-69-71-73-75-77-79-81-88(93)99-86(85-98-90(89(94)95)96-83-82-91(3,4)5)84-97-87(92)80-78-76-74-72-70-68-66-64-62-60-58-56-54-52-50-48-46-41-39-37-35-33-31-29-27-25-23-21-19-17-15-13-11-9-7-2/h18,20,24-27,86,90H,6-17,19,21-23,28-85H2,1-5H3/b20-18-,26-24-,27-25-. The Morgan fingerprint density at radius 1 is 0.303 bits per heavy atom. The molecule has 0 amide bonds. The monoisotopic (exact) mass is 1390 g/mol. The number of carbonyl (C=O) groups is 3. The van der Waals surface area contributed by atoms with Crippen molar-refractivity contribution in [3.63, 3.8) is 0 Å². The van der Waals surface area contributed by atoms with Crippen molar-refractivity contribution in [2.45, 2.75) is 476 Å². The molecule has 0 heterocycles. The number of aliphatic carboxylic acids is 1. The van der Waals surface area contributed by atoms with Gasteiger partial charge in [0.1, 0.15) is 13.2 Å². The molecule has 0 fully saturated rings. The normalized spacial score (nSPS) is 12.7. The number of carboxylic acid groups (broad SMARTS) is 1. The van der Waals surface area contributed by atoms with Crippen LogP contribution in [0, 0.1) is 0 Å². The average Bonchev–Trinajstić information content (AvgIpc) is 1.14. The number of likely N-dealkylation sites (N-methyl/N-ethyl adjacent to an activating group) is 1. The van der Waals surface area contributed by atoms with Crippen LogP contribution in [0.4, 0.5) is 0 Å². The van der Waals surface area contributed by atoms with Gasteiger partial charge >= 0.3 is 11.9 Å². The largest absolute Gasteiger partial charge is 0.545 e. The van der Waals surface area contributed by atoms with Crippen molar-refractivity contribution in [3.05, 3.63) is 36.5 Å². The van der Waals surface area contributed by atoms with E-state index in [1.165, 1.54) is 392 Å². The lowest BCUT2D eigenvalue weighted by atomic mass is 10.0. The van der Waals surface area contributed by atoms with Gasteiger partial charge < -0.3 is 33.3 Å². The van der Waals surface area contributed by atoms with Crippen molar-refractivity contribution in [1.82, 2.24) is 0 Å². The van der Waals surface area contributed by atoms with Crippen LogP contribution in [-0.2, 0) is 33.3 Å². The number of rotatable bonds is 84. The third-order valence-corrected chi connectivity index (χ3v) is 20.4. The molecule has 0 rings (SSSR count). The summed E-state index contributed by atoms with van der Waals surface area (Å²) in [5, 5.41) is 11.9. The molecule has 0 spiro atoms. The summed E-state index contributed by atoms with van der Waals surface area (Å²) in [7, 11) is 5.96. The highest BCUT2D eigenvalue weighted by Gasteiger charge is 2.22. The maximum Gasteiger partial charge on any atom is 0.306 e. The van der Waals surface area contributed by atoms with Crippen molar-refractivity contribution >= 4 is 17.9 Å². The zero-order chi connectivity index (χ0) is 71.8. The molecular weight excluding hydrogens is 1220 g/mol. The van der Waals surface area contributed by atoms with Crippen LogP contribution in [0.1, 0.15) is 463 Å². The molecule has 2 atom stereocenters. The van der Waals surface area contributed by atoms with E-state index in [1.54, 1.807) is 0 Å². The summed E-state index contributed by atoms with van der Waals surface area (Å²) in [5.41, 5.74) is 0. The van der Waals surface area contributed by atoms with Crippen LogP contribution in [0.15, 0.2) is 36.5 Å².